The maximum atomic E-state index is 9.56. The predicted molar refractivity (Wildman–Crippen MR) is 79.4 cm³/mol. The number of para-hydroxylation sites is 1. The largest absolute Gasteiger partial charge is 0.507 e. The number of aliphatic imine (C=N–C) groups is 1. The lowest BCUT2D eigenvalue weighted by molar-refractivity contribution is 0.474. The fraction of sp³-hybridized carbons (Fsp3) is 0. The fourth-order valence-corrected chi connectivity index (χ4v) is 1.70. The fourth-order valence-electron chi connectivity index (χ4n) is 1.43. The lowest BCUT2D eigenvalue weighted by atomic mass is 10.2. The van der Waals surface area contributed by atoms with Crippen LogP contribution in [0, 0.1) is 0 Å². The van der Waals surface area contributed by atoms with Crippen LogP contribution in [0.4, 0.5) is 5.69 Å². The summed E-state index contributed by atoms with van der Waals surface area (Å²) in [5, 5.41) is 9.56. The van der Waals surface area contributed by atoms with Gasteiger partial charge in [-0.1, -0.05) is 34.1 Å². The Kier molecular flexibility index (Phi) is 4.31. The first-order valence-corrected chi connectivity index (χ1v) is 6.29. The van der Waals surface area contributed by atoms with Gasteiger partial charge >= 0.3 is 0 Å². The second-order valence-electron chi connectivity index (χ2n) is 3.67. The van der Waals surface area contributed by atoms with E-state index in [9.17, 15) is 5.11 Å². The molecule has 0 fully saturated rings. The van der Waals surface area contributed by atoms with Crippen LogP contribution in [0.5, 0.6) is 5.75 Å². The molecule has 2 aromatic carbocycles. The minimum Gasteiger partial charge on any atom is -0.507 e. The summed E-state index contributed by atoms with van der Waals surface area (Å²) in [6, 6.07) is 14.9. The van der Waals surface area contributed by atoms with Crippen LogP contribution in [0.25, 0.3) is 6.08 Å². The lowest BCUT2D eigenvalue weighted by Crippen LogP contribution is -1.73. The molecule has 0 unspecified atom stereocenters. The summed E-state index contributed by atoms with van der Waals surface area (Å²) in [7, 11) is 0. The van der Waals surface area contributed by atoms with Crippen molar-refractivity contribution in [1.29, 1.82) is 0 Å². The molecule has 3 heteroatoms. The molecule has 0 saturated carbocycles. The maximum Gasteiger partial charge on any atom is 0.122 e. The smallest absolute Gasteiger partial charge is 0.122 e. The van der Waals surface area contributed by atoms with Gasteiger partial charge in [0.1, 0.15) is 5.75 Å². The Morgan fingerprint density at radius 1 is 1.00 bits per heavy atom. The van der Waals surface area contributed by atoms with Gasteiger partial charge in [-0.15, -0.1) is 0 Å². The Balaban J connectivity index is 2.03. The molecule has 0 saturated heterocycles. The second-order valence-corrected chi connectivity index (χ2v) is 4.59. The number of phenols is 1. The maximum absolute atomic E-state index is 9.56. The number of benzene rings is 2. The molecule has 0 spiro atoms. The van der Waals surface area contributed by atoms with Gasteiger partial charge < -0.3 is 5.11 Å². The van der Waals surface area contributed by atoms with Gasteiger partial charge in [0.2, 0.25) is 0 Å². The van der Waals surface area contributed by atoms with Crippen molar-refractivity contribution in [2.45, 2.75) is 0 Å². The van der Waals surface area contributed by atoms with E-state index in [1.165, 1.54) is 0 Å². The van der Waals surface area contributed by atoms with Gasteiger partial charge in [0, 0.05) is 16.3 Å². The van der Waals surface area contributed by atoms with Crippen LogP contribution in [0.15, 0.2) is 64.1 Å². The third-order valence-electron chi connectivity index (χ3n) is 2.35. The number of nitrogens with zero attached hydrogens (tertiary/aromatic N) is 1. The van der Waals surface area contributed by atoms with E-state index in [1.807, 2.05) is 42.5 Å². The number of hydrogen-bond acceptors (Lipinski definition) is 2. The Morgan fingerprint density at radius 3 is 2.44 bits per heavy atom. The third kappa shape index (κ3) is 3.57. The van der Waals surface area contributed by atoms with Crippen LogP contribution in [-0.2, 0) is 0 Å². The number of hydrogen-bond donors (Lipinski definition) is 1. The average molecular weight is 302 g/mol. The molecule has 0 amide bonds. The van der Waals surface area contributed by atoms with Crippen molar-refractivity contribution < 1.29 is 5.11 Å². The summed E-state index contributed by atoms with van der Waals surface area (Å²) in [5.41, 5.74) is 1.67. The molecular formula is C15H12BrNO. The first-order chi connectivity index (χ1) is 8.75. The van der Waals surface area contributed by atoms with Crippen molar-refractivity contribution in [2.75, 3.05) is 0 Å². The number of halogens is 1. The zero-order valence-corrected chi connectivity index (χ0v) is 11.2. The molecule has 2 rings (SSSR count). The Bertz CT molecular complexity index is 573. The van der Waals surface area contributed by atoms with Crippen LogP contribution >= 0.6 is 15.9 Å². The van der Waals surface area contributed by atoms with E-state index in [0.717, 1.165) is 15.7 Å². The van der Waals surface area contributed by atoms with Crippen molar-refractivity contribution in [3.8, 4) is 5.75 Å². The van der Waals surface area contributed by atoms with Gasteiger partial charge in [-0.2, -0.15) is 0 Å². The molecule has 2 aromatic rings. The Hall–Kier alpha value is -1.87. The molecule has 0 aromatic heterocycles. The normalized spacial score (nSPS) is 11.4. The highest BCUT2D eigenvalue weighted by Gasteiger charge is 1.92. The minimum absolute atomic E-state index is 0.269. The zero-order chi connectivity index (χ0) is 12.8. The second kappa shape index (κ2) is 6.17. The lowest BCUT2D eigenvalue weighted by Gasteiger charge is -1.95. The average Bonchev–Trinajstić information content (AvgIpc) is 2.39. The molecule has 0 aliphatic rings. The van der Waals surface area contributed by atoms with E-state index in [4.69, 9.17) is 0 Å². The minimum atomic E-state index is 0.269. The molecule has 0 atom stereocenters. The van der Waals surface area contributed by atoms with Crippen molar-refractivity contribution in [3.63, 3.8) is 0 Å². The Morgan fingerprint density at radius 2 is 1.72 bits per heavy atom. The summed E-state index contributed by atoms with van der Waals surface area (Å²) in [6.45, 7) is 0. The third-order valence-corrected chi connectivity index (χ3v) is 2.88. The summed E-state index contributed by atoms with van der Waals surface area (Å²) in [5.74, 6) is 0.269. The van der Waals surface area contributed by atoms with Gasteiger partial charge in [0.05, 0.1) is 5.69 Å². The van der Waals surface area contributed by atoms with Gasteiger partial charge in [0.15, 0.2) is 0 Å². The van der Waals surface area contributed by atoms with E-state index in [2.05, 4.69) is 20.9 Å². The topological polar surface area (TPSA) is 32.6 Å². The van der Waals surface area contributed by atoms with Crippen molar-refractivity contribution in [3.05, 3.63) is 64.6 Å². The van der Waals surface area contributed by atoms with E-state index < -0.39 is 0 Å². The van der Waals surface area contributed by atoms with Crippen LogP contribution in [0.1, 0.15) is 5.56 Å². The van der Waals surface area contributed by atoms with Crippen molar-refractivity contribution >= 4 is 33.9 Å². The monoisotopic (exact) mass is 301 g/mol. The highest BCUT2D eigenvalue weighted by Crippen LogP contribution is 2.18. The Labute approximate surface area is 114 Å². The summed E-state index contributed by atoms with van der Waals surface area (Å²) >= 11 is 3.37. The summed E-state index contributed by atoms with van der Waals surface area (Å²) in [6.07, 6.45) is 5.32. The molecule has 0 heterocycles. The van der Waals surface area contributed by atoms with Gasteiger partial charge in [-0.05, 0) is 42.5 Å². The van der Waals surface area contributed by atoms with Crippen LogP contribution < -0.4 is 0 Å². The van der Waals surface area contributed by atoms with Crippen molar-refractivity contribution in [1.82, 2.24) is 0 Å². The molecule has 0 bridgehead atoms. The molecule has 90 valence electrons. The standard InChI is InChI=1S/C15H12BrNO/c16-13-7-9-14(10-8-13)17-11-3-5-12-4-1-2-6-15(12)18/h1-11,18H. The molecular weight excluding hydrogens is 290 g/mol. The zero-order valence-electron chi connectivity index (χ0n) is 9.62. The summed E-state index contributed by atoms with van der Waals surface area (Å²) < 4.78 is 1.03. The molecule has 0 aliphatic carbocycles. The summed E-state index contributed by atoms with van der Waals surface area (Å²) in [4.78, 5) is 4.28. The highest BCUT2D eigenvalue weighted by molar-refractivity contribution is 9.10. The van der Waals surface area contributed by atoms with E-state index in [0.29, 0.717) is 0 Å². The first kappa shape index (κ1) is 12.6. The van der Waals surface area contributed by atoms with Gasteiger partial charge in [0.25, 0.3) is 0 Å². The van der Waals surface area contributed by atoms with Gasteiger partial charge in [-0.25, -0.2) is 0 Å². The van der Waals surface area contributed by atoms with Gasteiger partial charge in [-0.3, -0.25) is 4.99 Å². The number of aromatic hydroxyl groups is 1. The van der Waals surface area contributed by atoms with E-state index >= 15 is 0 Å². The molecule has 0 aliphatic heterocycles. The number of rotatable bonds is 3. The van der Waals surface area contributed by atoms with Crippen LogP contribution in [0.3, 0.4) is 0 Å². The highest BCUT2D eigenvalue weighted by atomic mass is 79.9. The molecule has 1 N–H and O–H groups in total. The van der Waals surface area contributed by atoms with E-state index in [1.54, 1.807) is 24.4 Å². The molecule has 0 radical (unpaired) electrons. The molecule has 2 nitrogen and oxygen atoms in total. The SMILES string of the molecule is Oc1ccccc1C=CC=Nc1ccc(Br)cc1. The predicted octanol–water partition coefficient (Wildman–Crippen LogP) is 4.57. The molecule has 18 heavy (non-hydrogen) atoms. The van der Waals surface area contributed by atoms with E-state index in [-0.39, 0.29) is 5.75 Å². The van der Waals surface area contributed by atoms with Crippen molar-refractivity contribution in [2.24, 2.45) is 4.99 Å². The first-order valence-electron chi connectivity index (χ1n) is 5.50. The number of allylic oxidation sites excluding steroid dienone is 1. The van der Waals surface area contributed by atoms with Crippen LogP contribution in [0.2, 0.25) is 0 Å². The number of phenolic OH excluding ortho intramolecular Hbond substituents is 1. The van der Waals surface area contributed by atoms with Crippen LogP contribution in [-0.4, -0.2) is 11.3 Å². The quantitative estimate of drug-likeness (QED) is 0.828.